The highest BCUT2D eigenvalue weighted by molar-refractivity contribution is 9.10. The van der Waals surface area contributed by atoms with E-state index in [1.54, 1.807) is 0 Å². The van der Waals surface area contributed by atoms with E-state index in [0.717, 1.165) is 59.9 Å². The molecule has 5 rings (SSSR count). The second kappa shape index (κ2) is 7.92. The van der Waals surface area contributed by atoms with Crippen molar-refractivity contribution in [3.8, 4) is 0 Å². The number of piperazine rings is 1. The van der Waals surface area contributed by atoms with Gasteiger partial charge < -0.3 is 10.2 Å². The molecular weight excluding hydrogens is 426 g/mol. The Kier molecular flexibility index (Phi) is 5.14. The number of para-hydroxylation sites is 2. The summed E-state index contributed by atoms with van der Waals surface area (Å²) in [6.45, 7) is 7.21. The van der Waals surface area contributed by atoms with E-state index in [2.05, 4.69) is 62.2 Å². The quantitative estimate of drug-likeness (QED) is 0.613. The van der Waals surface area contributed by atoms with E-state index in [4.69, 9.17) is 9.97 Å². The van der Waals surface area contributed by atoms with Gasteiger partial charge in [-0.3, -0.25) is 4.90 Å². The van der Waals surface area contributed by atoms with Gasteiger partial charge in [-0.25, -0.2) is 9.97 Å². The molecule has 0 unspecified atom stereocenters. The molecule has 0 radical (unpaired) electrons. The fourth-order valence-corrected chi connectivity index (χ4v) is 4.40. The number of anilines is 2. The average molecular weight is 452 g/mol. The van der Waals surface area contributed by atoms with Crippen LogP contribution in [0.1, 0.15) is 24.0 Å². The molecule has 0 spiro atoms. The van der Waals surface area contributed by atoms with Gasteiger partial charge in [-0.05, 0) is 55.2 Å². The summed E-state index contributed by atoms with van der Waals surface area (Å²) in [6, 6.07) is 15.3. The van der Waals surface area contributed by atoms with Crippen molar-refractivity contribution in [2.24, 2.45) is 0 Å². The number of aryl methyl sites for hydroxylation is 1. The predicted octanol–water partition coefficient (Wildman–Crippen LogP) is 4.60. The van der Waals surface area contributed by atoms with Crippen LogP contribution in [0, 0.1) is 6.92 Å². The highest BCUT2D eigenvalue weighted by atomic mass is 79.9. The molecule has 5 nitrogen and oxygen atoms in total. The van der Waals surface area contributed by atoms with Gasteiger partial charge in [0.1, 0.15) is 0 Å². The van der Waals surface area contributed by atoms with Gasteiger partial charge in [-0.15, -0.1) is 0 Å². The smallest absolute Gasteiger partial charge is 0.172 e. The first-order chi connectivity index (χ1) is 14.2. The topological polar surface area (TPSA) is 44.3 Å². The van der Waals surface area contributed by atoms with Crippen LogP contribution in [-0.2, 0) is 6.54 Å². The molecule has 2 aromatic carbocycles. The van der Waals surface area contributed by atoms with Crippen molar-refractivity contribution in [3.05, 3.63) is 58.1 Å². The Bertz CT molecular complexity index is 1020. The summed E-state index contributed by atoms with van der Waals surface area (Å²) in [5, 5.41) is 3.60. The summed E-state index contributed by atoms with van der Waals surface area (Å²) in [4.78, 5) is 14.8. The molecule has 1 saturated heterocycles. The van der Waals surface area contributed by atoms with Gasteiger partial charge in [0.15, 0.2) is 11.6 Å². The lowest BCUT2D eigenvalue weighted by atomic mass is 10.1. The number of fused-ring (bicyclic) bond motifs is 1. The van der Waals surface area contributed by atoms with Gasteiger partial charge in [0, 0.05) is 43.2 Å². The van der Waals surface area contributed by atoms with Crippen molar-refractivity contribution in [1.82, 2.24) is 14.9 Å². The summed E-state index contributed by atoms with van der Waals surface area (Å²) in [6.07, 6.45) is 2.46. The van der Waals surface area contributed by atoms with Crippen LogP contribution >= 0.6 is 15.9 Å². The third-order valence-corrected chi connectivity index (χ3v) is 6.33. The van der Waals surface area contributed by atoms with Crippen LogP contribution in [0.4, 0.5) is 11.6 Å². The van der Waals surface area contributed by atoms with Gasteiger partial charge >= 0.3 is 0 Å². The van der Waals surface area contributed by atoms with Crippen LogP contribution in [0.15, 0.2) is 46.9 Å². The van der Waals surface area contributed by atoms with E-state index in [0.29, 0.717) is 6.04 Å². The van der Waals surface area contributed by atoms with Crippen molar-refractivity contribution in [2.75, 3.05) is 36.4 Å². The summed E-state index contributed by atoms with van der Waals surface area (Å²) in [5.74, 6) is 1.96. The first-order valence-corrected chi connectivity index (χ1v) is 11.2. The first-order valence-electron chi connectivity index (χ1n) is 10.4. The molecule has 0 bridgehead atoms. The SMILES string of the molecule is Cc1cc(Br)ccc1CN1CCN(c2nc3ccccc3nc2NC2CC2)CC1. The predicted molar refractivity (Wildman–Crippen MR) is 123 cm³/mol. The Hall–Kier alpha value is -2.18. The summed E-state index contributed by atoms with van der Waals surface area (Å²) in [5.41, 5.74) is 4.68. The van der Waals surface area contributed by atoms with Crippen LogP contribution in [0.5, 0.6) is 0 Å². The van der Waals surface area contributed by atoms with Crippen molar-refractivity contribution in [1.29, 1.82) is 0 Å². The van der Waals surface area contributed by atoms with Gasteiger partial charge in [-0.2, -0.15) is 0 Å². The summed E-state index contributed by atoms with van der Waals surface area (Å²) < 4.78 is 1.15. The van der Waals surface area contributed by atoms with Crippen LogP contribution in [0.2, 0.25) is 0 Å². The minimum Gasteiger partial charge on any atom is -0.364 e. The van der Waals surface area contributed by atoms with Crippen LogP contribution in [-0.4, -0.2) is 47.1 Å². The Morgan fingerprint density at radius 1 is 1.00 bits per heavy atom. The largest absolute Gasteiger partial charge is 0.364 e. The molecule has 150 valence electrons. The second-order valence-electron chi connectivity index (χ2n) is 8.14. The highest BCUT2D eigenvalue weighted by Crippen LogP contribution is 2.31. The maximum absolute atomic E-state index is 4.99. The number of aromatic nitrogens is 2. The number of halogens is 1. The van der Waals surface area contributed by atoms with Crippen molar-refractivity contribution in [3.63, 3.8) is 0 Å². The highest BCUT2D eigenvalue weighted by Gasteiger charge is 2.27. The lowest BCUT2D eigenvalue weighted by Gasteiger charge is -2.36. The minimum atomic E-state index is 0.561. The van der Waals surface area contributed by atoms with E-state index in [1.165, 1.54) is 24.0 Å². The Morgan fingerprint density at radius 2 is 1.72 bits per heavy atom. The first kappa shape index (κ1) is 18.8. The number of hydrogen-bond acceptors (Lipinski definition) is 5. The monoisotopic (exact) mass is 451 g/mol. The lowest BCUT2D eigenvalue weighted by Crippen LogP contribution is -2.46. The van der Waals surface area contributed by atoms with Crippen LogP contribution in [0.3, 0.4) is 0 Å². The Labute approximate surface area is 180 Å². The van der Waals surface area contributed by atoms with E-state index in [-0.39, 0.29) is 0 Å². The zero-order valence-corrected chi connectivity index (χ0v) is 18.3. The van der Waals surface area contributed by atoms with E-state index in [9.17, 15) is 0 Å². The third kappa shape index (κ3) is 4.23. The summed E-state index contributed by atoms with van der Waals surface area (Å²) >= 11 is 3.56. The van der Waals surface area contributed by atoms with E-state index < -0.39 is 0 Å². The van der Waals surface area contributed by atoms with Gasteiger partial charge in [0.25, 0.3) is 0 Å². The van der Waals surface area contributed by atoms with Gasteiger partial charge in [0.2, 0.25) is 0 Å². The number of benzene rings is 2. The maximum atomic E-state index is 4.99. The summed E-state index contributed by atoms with van der Waals surface area (Å²) in [7, 11) is 0. The molecule has 1 aliphatic carbocycles. The van der Waals surface area contributed by atoms with Gasteiger partial charge in [-0.1, -0.05) is 34.1 Å². The molecule has 1 N–H and O–H groups in total. The number of nitrogens with zero attached hydrogens (tertiary/aromatic N) is 4. The maximum Gasteiger partial charge on any atom is 0.172 e. The zero-order chi connectivity index (χ0) is 19.8. The molecule has 2 heterocycles. The molecule has 0 atom stereocenters. The Morgan fingerprint density at radius 3 is 2.41 bits per heavy atom. The fourth-order valence-electron chi connectivity index (χ4n) is 3.92. The van der Waals surface area contributed by atoms with Crippen LogP contribution in [0.25, 0.3) is 11.0 Å². The molecular formula is C23H26BrN5. The normalized spacial score (nSPS) is 17.7. The van der Waals surface area contributed by atoms with Gasteiger partial charge in [0.05, 0.1) is 11.0 Å². The standard InChI is InChI=1S/C23H26BrN5/c1-16-14-18(24)7-6-17(16)15-28-10-12-29(13-11-28)23-22(25-19-8-9-19)26-20-4-2-3-5-21(20)27-23/h2-7,14,19H,8-13,15H2,1H3,(H,25,26). The van der Waals surface area contributed by atoms with Crippen LogP contribution < -0.4 is 10.2 Å². The van der Waals surface area contributed by atoms with E-state index >= 15 is 0 Å². The van der Waals surface area contributed by atoms with Crippen molar-refractivity contribution in [2.45, 2.75) is 32.4 Å². The third-order valence-electron chi connectivity index (χ3n) is 5.84. The second-order valence-corrected chi connectivity index (χ2v) is 9.05. The minimum absolute atomic E-state index is 0.561. The lowest BCUT2D eigenvalue weighted by molar-refractivity contribution is 0.249. The molecule has 1 aliphatic heterocycles. The fraction of sp³-hybridized carbons (Fsp3) is 0.391. The Balaban J connectivity index is 1.32. The molecule has 1 aromatic heterocycles. The molecule has 29 heavy (non-hydrogen) atoms. The van der Waals surface area contributed by atoms with Crippen molar-refractivity contribution >= 4 is 38.6 Å². The van der Waals surface area contributed by atoms with E-state index in [1.807, 2.05) is 18.2 Å². The molecule has 3 aromatic rings. The molecule has 1 saturated carbocycles. The molecule has 2 aliphatic rings. The number of hydrogen-bond donors (Lipinski definition) is 1. The molecule has 6 heteroatoms. The number of nitrogens with one attached hydrogen (secondary N) is 1. The number of rotatable bonds is 5. The average Bonchev–Trinajstić information content (AvgIpc) is 3.54. The zero-order valence-electron chi connectivity index (χ0n) is 16.7. The molecule has 2 fully saturated rings. The molecule has 0 amide bonds. The van der Waals surface area contributed by atoms with Crippen molar-refractivity contribution < 1.29 is 0 Å².